The summed E-state index contributed by atoms with van der Waals surface area (Å²) >= 11 is 0. The first-order valence-electron chi connectivity index (χ1n) is 4.02. The Kier molecular flexibility index (Phi) is 3.55. The summed E-state index contributed by atoms with van der Waals surface area (Å²) in [6.45, 7) is 0. The molecule has 0 bridgehead atoms. The quantitative estimate of drug-likeness (QED) is 0.469. The van der Waals surface area contributed by atoms with E-state index >= 15 is 0 Å². The van der Waals surface area contributed by atoms with Gasteiger partial charge >= 0.3 is 0 Å². The number of benzene rings is 1. The van der Waals surface area contributed by atoms with Gasteiger partial charge in [-0.05, 0) is 0 Å². The summed E-state index contributed by atoms with van der Waals surface area (Å²) < 4.78 is 27.0. The van der Waals surface area contributed by atoms with Gasteiger partial charge in [-0.1, -0.05) is 0 Å². The lowest BCUT2D eigenvalue weighted by Gasteiger charge is -2.05. The van der Waals surface area contributed by atoms with Crippen LogP contribution < -0.4 is 4.74 Å². The van der Waals surface area contributed by atoms with Gasteiger partial charge in [0, 0.05) is 22.8 Å². The first-order valence-corrected chi connectivity index (χ1v) is 6.33. The Morgan fingerprint density at radius 3 is 2.47 bits per heavy atom. The van der Waals surface area contributed by atoms with Crippen molar-refractivity contribution in [3.8, 4) is 11.8 Å². The second-order valence-corrected chi connectivity index (χ2v) is 5.36. The molecule has 0 amide bonds. The standard InChI is InChI=1S/C8H5ClN2O5S/c1-16-7-3-8(17(9,14)15)6(11(12)13)2-5(7)4-10/h2-3H,1H3. The molecule has 0 radical (unpaired) electrons. The zero-order chi connectivity index (χ0) is 13.2. The number of hydrogen-bond donors (Lipinski definition) is 0. The molecule has 0 atom stereocenters. The van der Waals surface area contributed by atoms with E-state index < -0.39 is 24.6 Å². The fraction of sp³-hybridized carbons (Fsp3) is 0.125. The van der Waals surface area contributed by atoms with Crippen LogP contribution in [0.15, 0.2) is 17.0 Å². The molecule has 0 saturated carbocycles. The van der Waals surface area contributed by atoms with Crippen molar-refractivity contribution < 1.29 is 18.1 Å². The minimum atomic E-state index is -4.29. The van der Waals surface area contributed by atoms with E-state index in [4.69, 9.17) is 20.7 Å². The topological polar surface area (TPSA) is 110 Å². The second kappa shape index (κ2) is 4.57. The summed E-state index contributed by atoms with van der Waals surface area (Å²) in [5.41, 5.74) is -0.916. The summed E-state index contributed by atoms with van der Waals surface area (Å²) in [5.74, 6) is -0.0997. The Bertz CT molecular complexity index is 620. The molecule has 0 aromatic heterocycles. The number of ether oxygens (including phenoxy) is 1. The first kappa shape index (κ1) is 13.2. The molecule has 0 N–H and O–H groups in total. The Morgan fingerprint density at radius 1 is 1.53 bits per heavy atom. The molecule has 1 rings (SSSR count). The molecule has 0 aliphatic heterocycles. The molecule has 0 heterocycles. The lowest BCUT2D eigenvalue weighted by molar-refractivity contribution is -0.387. The van der Waals surface area contributed by atoms with Crippen molar-refractivity contribution in [3.05, 3.63) is 27.8 Å². The van der Waals surface area contributed by atoms with Gasteiger partial charge in [0.2, 0.25) is 0 Å². The molecule has 0 aliphatic rings. The summed E-state index contributed by atoms with van der Waals surface area (Å²) in [4.78, 5) is 9.03. The van der Waals surface area contributed by atoms with E-state index in [-0.39, 0.29) is 11.3 Å². The molecule has 17 heavy (non-hydrogen) atoms. The maximum Gasteiger partial charge on any atom is 0.290 e. The molecule has 90 valence electrons. The first-order chi connectivity index (χ1) is 7.81. The molecule has 0 unspecified atom stereocenters. The van der Waals surface area contributed by atoms with Crippen molar-refractivity contribution in [1.29, 1.82) is 5.26 Å². The van der Waals surface area contributed by atoms with Crippen molar-refractivity contribution in [2.24, 2.45) is 0 Å². The highest BCUT2D eigenvalue weighted by atomic mass is 35.7. The van der Waals surface area contributed by atoms with Gasteiger partial charge in [0.05, 0.1) is 12.0 Å². The molecule has 1 aromatic rings. The third kappa shape index (κ3) is 2.64. The van der Waals surface area contributed by atoms with Gasteiger partial charge < -0.3 is 4.74 Å². The summed E-state index contributed by atoms with van der Waals surface area (Å²) in [5, 5.41) is 19.4. The Balaban J connectivity index is 3.71. The van der Waals surface area contributed by atoms with E-state index in [1.54, 1.807) is 6.07 Å². The van der Waals surface area contributed by atoms with E-state index in [2.05, 4.69) is 0 Å². The van der Waals surface area contributed by atoms with Crippen LogP contribution in [0.25, 0.3) is 0 Å². The zero-order valence-electron chi connectivity index (χ0n) is 8.38. The maximum absolute atomic E-state index is 11.1. The van der Waals surface area contributed by atoms with Crippen LogP contribution >= 0.6 is 10.7 Å². The number of hydrogen-bond acceptors (Lipinski definition) is 6. The van der Waals surface area contributed by atoms with Crippen LogP contribution in [0.5, 0.6) is 5.75 Å². The molecule has 1 aromatic carbocycles. The van der Waals surface area contributed by atoms with Gasteiger partial charge in [-0.2, -0.15) is 5.26 Å². The molecular formula is C8H5ClN2O5S. The van der Waals surface area contributed by atoms with Gasteiger partial charge in [0.25, 0.3) is 14.7 Å². The summed E-state index contributed by atoms with van der Waals surface area (Å²) in [7, 11) is 1.97. The van der Waals surface area contributed by atoms with Crippen molar-refractivity contribution in [2.45, 2.75) is 4.90 Å². The molecular weight excluding hydrogens is 272 g/mol. The fourth-order valence-corrected chi connectivity index (χ4v) is 2.15. The minimum absolute atomic E-state index is 0.0997. The normalized spacial score (nSPS) is 10.6. The molecule has 9 heteroatoms. The second-order valence-electron chi connectivity index (χ2n) is 2.83. The van der Waals surface area contributed by atoms with Gasteiger partial charge in [0.15, 0.2) is 4.90 Å². The molecule has 0 aliphatic carbocycles. The molecule has 0 saturated heterocycles. The highest BCUT2D eigenvalue weighted by Gasteiger charge is 2.27. The third-order valence-electron chi connectivity index (χ3n) is 1.86. The molecule has 0 fully saturated rings. The summed E-state index contributed by atoms with van der Waals surface area (Å²) in [6, 6.07) is 3.30. The van der Waals surface area contributed by atoms with Crippen molar-refractivity contribution in [3.63, 3.8) is 0 Å². The van der Waals surface area contributed by atoms with Crippen LogP contribution in [0.4, 0.5) is 5.69 Å². The Morgan fingerprint density at radius 2 is 2.12 bits per heavy atom. The van der Waals surface area contributed by atoms with E-state index in [9.17, 15) is 18.5 Å². The maximum atomic E-state index is 11.1. The Labute approximate surface area is 101 Å². The van der Waals surface area contributed by atoms with Crippen LogP contribution in [0, 0.1) is 21.4 Å². The predicted molar refractivity (Wildman–Crippen MR) is 57.4 cm³/mol. The smallest absolute Gasteiger partial charge is 0.290 e. The van der Waals surface area contributed by atoms with E-state index in [1.165, 1.54) is 7.11 Å². The number of methoxy groups -OCH3 is 1. The fourth-order valence-electron chi connectivity index (χ4n) is 1.14. The van der Waals surface area contributed by atoms with Crippen LogP contribution in [0.1, 0.15) is 5.56 Å². The Hall–Kier alpha value is -1.85. The van der Waals surface area contributed by atoms with E-state index in [0.717, 1.165) is 12.1 Å². The average molecular weight is 277 g/mol. The van der Waals surface area contributed by atoms with Crippen molar-refractivity contribution in [1.82, 2.24) is 0 Å². The SMILES string of the molecule is COc1cc(S(=O)(=O)Cl)c([N+](=O)[O-])cc1C#N. The largest absolute Gasteiger partial charge is 0.495 e. The van der Waals surface area contributed by atoms with Crippen LogP contribution in [0.2, 0.25) is 0 Å². The van der Waals surface area contributed by atoms with Crippen LogP contribution in [0.3, 0.4) is 0 Å². The van der Waals surface area contributed by atoms with Gasteiger partial charge in [0.1, 0.15) is 17.4 Å². The highest BCUT2D eigenvalue weighted by Crippen LogP contribution is 2.33. The van der Waals surface area contributed by atoms with Crippen molar-refractivity contribution in [2.75, 3.05) is 7.11 Å². The van der Waals surface area contributed by atoms with Gasteiger partial charge in [-0.25, -0.2) is 8.42 Å². The predicted octanol–water partition coefficient (Wildman–Crippen LogP) is 1.40. The summed E-state index contributed by atoms with van der Waals surface area (Å²) in [6.07, 6.45) is 0. The van der Waals surface area contributed by atoms with Crippen molar-refractivity contribution >= 4 is 25.4 Å². The third-order valence-corrected chi connectivity index (χ3v) is 3.21. The number of nitriles is 1. The van der Waals surface area contributed by atoms with Gasteiger partial charge in [-0.15, -0.1) is 0 Å². The zero-order valence-corrected chi connectivity index (χ0v) is 9.95. The number of halogens is 1. The van der Waals surface area contributed by atoms with Gasteiger partial charge in [-0.3, -0.25) is 10.1 Å². The monoisotopic (exact) mass is 276 g/mol. The molecule has 0 spiro atoms. The van der Waals surface area contributed by atoms with E-state index in [1.807, 2.05) is 0 Å². The van der Waals surface area contributed by atoms with Crippen LogP contribution in [-0.4, -0.2) is 20.5 Å². The number of rotatable bonds is 3. The lowest BCUT2D eigenvalue weighted by Crippen LogP contribution is -2.01. The molecule has 7 nitrogen and oxygen atoms in total. The number of nitro benzene ring substituents is 1. The average Bonchev–Trinajstić information content (AvgIpc) is 2.25. The van der Waals surface area contributed by atoms with E-state index in [0.29, 0.717) is 0 Å². The highest BCUT2D eigenvalue weighted by molar-refractivity contribution is 8.13. The number of nitro groups is 1. The number of nitrogens with zero attached hydrogens (tertiary/aromatic N) is 2. The van der Waals surface area contributed by atoms with Crippen LogP contribution in [-0.2, 0) is 9.05 Å². The lowest BCUT2D eigenvalue weighted by atomic mass is 10.2. The minimum Gasteiger partial charge on any atom is -0.495 e.